The van der Waals surface area contributed by atoms with Gasteiger partial charge in [0.15, 0.2) is 11.8 Å². The maximum absolute atomic E-state index is 12.9. The van der Waals surface area contributed by atoms with Crippen LogP contribution in [0.2, 0.25) is 0 Å². The standard InChI is InChI=1S/C24H27N3O4/c1-14(2)13-27-23(29)19-9-7-6-8-18(19)21(26-27)24(30)31-17(5)22(28)25-20-11-10-15(3)12-16(20)4/h6-12,14,17H,13H2,1-5H3,(H,25,28). The Kier molecular flexibility index (Phi) is 6.53. The van der Waals surface area contributed by atoms with E-state index in [0.29, 0.717) is 23.0 Å². The number of anilines is 1. The SMILES string of the molecule is Cc1ccc(NC(=O)C(C)OC(=O)c2nn(CC(C)C)c(=O)c3ccccc23)c(C)c1. The lowest BCUT2D eigenvalue weighted by Gasteiger charge is -2.16. The molecular formula is C24H27N3O4. The van der Waals surface area contributed by atoms with Crippen LogP contribution in [0.5, 0.6) is 0 Å². The molecule has 0 spiro atoms. The maximum Gasteiger partial charge on any atom is 0.360 e. The zero-order chi connectivity index (χ0) is 22.7. The van der Waals surface area contributed by atoms with Crippen LogP contribution in [0.3, 0.4) is 0 Å². The normalized spacial score (nSPS) is 12.1. The van der Waals surface area contributed by atoms with Crippen LogP contribution in [0, 0.1) is 19.8 Å². The Bertz CT molecular complexity index is 1200. The number of aryl methyl sites for hydroxylation is 2. The first-order chi connectivity index (χ1) is 14.7. The van der Waals surface area contributed by atoms with Gasteiger partial charge in [0, 0.05) is 17.6 Å². The highest BCUT2D eigenvalue weighted by Gasteiger charge is 2.24. The summed E-state index contributed by atoms with van der Waals surface area (Å²) in [4.78, 5) is 38.2. The van der Waals surface area contributed by atoms with E-state index in [9.17, 15) is 14.4 Å². The molecule has 1 heterocycles. The molecule has 0 radical (unpaired) electrons. The first-order valence-corrected chi connectivity index (χ1v) is 10.3. The van der Waals surface area contributed by atoms with Crippen molar-refractivity contribution < 1.29 is 14.3 Å². The molecule has 0 bridgehead atoms. The third-order valence-electron chi connectivity index (χ3n) is 4.89. The zero-order valence-electron chi connectivity index (χ0n) is 18.4. The molecule has 0 saturated carbocycles. The smallest absolute Gasteiger partial charge is 0.360 e. The summed E-state index contributed by atoms with van der Waals surface area (Å²) in [5, 5.41) is 7.83. The van der Waals surface area contributed by atoms with Crippen molar-refractivity contribution in [2.24, 2.45) is 5.92 Å². The molecule has 31 heavy (non-hydrogen) atoms. The largest absolute Gasteiger partial charge is 0.448 e. The summed E-state index contributed by atoms with van der Waals surface area (Å²) in [6, 6.07) is 12.4. The van der Waals surface area contributed by atoms with Crippen LogP contribution < -0.4 is 10.9 Å². The number of aromatic nitrogens is 2. The van der Waals surface area contributed by atoms with Crippen LogP contribution in [0.4, 0.5) is 5.69 Å². The van der Waals surface area contributed by atoms with Gasteiger partial charge in [-0.05, 0) is 44.4 Å². The lowest BCUT2D eigenvalue weighted by atomic mass is 10.1. The Hall–Kier alpha value is -3.48. The van der Waals surface area contributed by atoms with Crippen LogP contribution in [0.15, 0.2) is 47.3 Å². The number of ether oxygens (including phenoxy) is 1. The number of carbonyl (C=O) groups is 2. The molecule has 3 aromatic rings. The van der Waals surface area contributed by atoms with Crippen LogP contribution in [0.25, 0.3) is 10.8 Å². The summed E-state index contributed by atoms with van der Waals surface area (Å²) in [6.45, 7) is 9.66. The zero-order valence-corrected chi connectivity index (χ0v) is 18.4. The molecule has 1 N–H and O–H groups in total. The van der Waals surface area contributed by atoms with Gasteiger partial charge in [-0.3, -0.25) is 9.59 Å². The van der Waals surface area contributed by atoms with E-state index in [1.54, 1.807) is 24.3 Å². The van der Waals surface area contributed by atoms with Crippen molar-refractivity contribution in [2.75, 3.05) is 5.32 Å². The molecule has 0 aliphatic rings. The Labute approximate surface area is 181 Å². The van der Waals surface area contributed by atoms with Crippen molar-refractivity contribution in [3.8, 4) is 0 Å². The second kappa shape index (κ2) is 9.12. The number of hydrogen-bond acceptors (Lipinski definition) is 5. The molecule has 2 aromatic carbocycles. The van der Waals surface area contributed by atoms with Crippen molar-refractivity contribution in [1.82, 2.24) is 9.78 Å². The molecule has 7 nitrogen and oxygen atoms in total. The average molecular weight is 421 g/mol. The van der Waals surface area contributed by atoms with Gasteiger partial charge in [0.2, 0.25) is 0 Å². The highest BCUT2D eigenvalue weighted by atomic mass is 16.5. The van der Waals surface area contributed by atoms with E-state index in [-0.39, 0.29) is 17.2 Å². The van der Waals surface area contributed by atoms with Gasteiger partial charge >= 0.3 is 5.97 Å². The quantitative estimate of drug-likeness (QED) is 0.611. The van der Waals surface area contributed by atoms with Crippen molar-refractivity contribution in [3.63, 3.8) is 0 Å². The number of nitrogens with zero attached hydrogens (tertiary/aromatic N) is 2. The summed E-state index contributed by atoms with van der Waals surface area (Å²) in [6.07, 6.45) is -1.04. The summed E-state index contributed by atoms with van der Waals surface area (Å²) >= 11 is 0. The predicted octanol–water partition coefficient (Wildman–Crippen LogP) is 3.85. The molecule has 1 atom stereocenters. The molecule has 1 aromatic heterocycles. The molecule has 0 aliphatic carbocycles. The van der Waals surface area contributed by atoms with Gasteiger partial charge in [0.1, 0.15) is 0 Å². The van der Waals surface area contributed by atoms with E-state index in [2.05, 4.69) is 10.4 Å². The van der Waals surface area contributed by atoms with E-state index in [0.717, 1.165) is 11.1 Å². The number of amides is 1. The Balaban J connectivity index is 1.86. The highest BCUT2D eigenvalue weighted by Crippen LogP contribution is 2.18. The Morgan fingerprint density at radius 1 is 1.06 bits per heavy atom. The number of fused-ring (bicyclic) bond motifs is 1. The Morgan fingerprint density at radius 3 is 2.39 bits per heavy atom. The summed E-state index contributed by atoms with van der Waals surface area (Å²) < 4.78 is 6.69. The number of nitrogens with one attached hydrogen (secondary N) is 1. The average Bonchev–Trinajstić information content (AvgIpc) is 2.71. The van der Waals surface area contributed by atoms with Gasteiger partial charge in [-0.1, -0.05) is 49.7 Å². The van der Waals surface area contributed by atoms with Gasteiger partial charge in [-0.2, -0.15) is 5.10 Å². The first-order valence-electron chi connectivity index (χ1n) is 10.3. The minimum atomic E-state index is -1.04. The fourth-order valence-electron chi connectivity index (χ4n) is 3.31. The molecule has 0 saturated heterocycles. The van der Waals surface area contributed by atoms with Gasteiger partial charge in [0.05, 0.1) is 5.39 Å². The van der Waals surface area contributed by atoms with Crippen molar-refractivity contribution in [1.29, 1.82) is 0 Å². The molecule has 0 aliphatic heterocycles. The molecule has 0 fully saturated rings. The Morgan fingerprint density at radius 2 is 1.74 bits per heavy atom. The molecule has 1 unspecified atom stereocenters. The lowest BCUT2D eigenvalue weighted by Crippen LogP contribution is -2.32. The third-order valence-corrected chi connectivity index (χ3v) is 4.89. The van der Waals surface area contributed by atoms with E-state index >= 15 is 0 Å². The minimum Gasteiger partial charge on any atom is -0.448 e. The number of rotatable bonds is 6. The van der Waals surface area contributed by atoms with E-state index in [1.165, 1.54) is 11.6 Å². The molecule has 3 rings (SSSR count). The number of benzene rings is 2. The van der Waals surface area contributed by atoms with Gasteiger partial charge in [-0.15, -0.1) is 0 Å². The number of esters is 1. The third kappa shape index (κ3) is 4.99. The molecule has 7 heteroatoms. The topological polar surface area (TPSA) is 90.3 Å². The molecular weight excluding hydrogens is 394 g/mol. The monoisotopic (exact) mass is 421 g/mol. The highest BCUT2D eigenvalue weighted by molar-refractivity contribution is 6.03. The number of hydrogen-bond donors (Lipinski definition) is 1. The summed E-state index contributed by atoms with van der Waals surface area (Å²) in [7, 11) is 0. The summed E-state index contributed by atoms with van der Waals surface area (Å²) in [5.74, 6) is -1.03. The predicted molar refractivity (Wildman–Crippen MR) is 120 cm³/mol. The van der Waals surface area contributed by atoms with E-state index in [4.69, 9.17) is 4.74 Å². The number of carbonyl (C=O) groups excluding carboxylic acids is 2. The van der Waals surface area contributed by atoms with Crippen LogP contribution in [0.1, 0.15) is 42.4 Å². The fraction of sp³-hybridized carbons (Fsp3) is 0.333. The van der Waals surface area contributed by atoms with Crippen molar-refractivity contribution in [2.45, 2.75) is 47.3 Å². The first kappa shape index (κ1) is 22.2. The van der Waals surface area contributed by atoms with Crippen molar-refractivity contribution >= 4 is 28.3 Å². The van der Waals surface area contributed by atoms with Crippen LogP contribution in [-0.2, 0) is 16.1 Å². The van der Waals surface area contributed by atoms with Gasteiger partial charge in [0.25, 0.3) is 11.5 Å². The second-order valence-electron chi connectivity index (χ2n) is 8.13. The van der Waals surface area contributed by atoms with Crippen LogP contribution >= 0.6 is 0 Å². The van der Waals surface area contributed by atoms with Crippen molar-refractivity contribution in [3.05, 3.63) is 69.6 Å². The maximum atomic E-state index is 12.9. The molecule has 162 valence electrons. The summed E-state index contributed by atoms with van der Waals surface area (Å²) in [5.41, 5.74) is 2.42. The van der Waals surface area contributed by atoms with E-state index < -0.39 is 18.0 Å². The second-order valence-corrected chi connectivity index (χ2v) is 8.13. The van der Waals surface area contributed by atoms with Gasteiger partial charge in [-0.25, -0.2) is 9.48 Å². The van der Waals surface area contributed by atoms with Crippen LogP contribution in [-0.4, -0.2) is 27.8 Å². The fourth-order valence-corrected chi connectivity index (χ4v) is 3.31. The minimum absolute atomic E-state index is 0.0158. The van der Waals surface area contributed by atoms with E-state index in [1.807, 2.05) is 45.9 Å². The molecule has 1 amide bonds. The lowest BCUT2D eigenvalue weighted by molar-refractivity contribution is -0.123. The van der Waals surface area contributed by atoms with Gasteiger partial charge < -0.3 is 10.1 Å².